The highest BCUT2D eigenvalue weighted by atomic mass is 16.6. The van der Waals surface area contributed by atoms with Crippen molar-refractivity contribution in [3.8, 4) is 0 Å². The largest absolute Gasteiger partial charge is 0.444 e. The molecular weight excluding hydrogens is 234 g/mol. The van der Waals surface area contributed by atoms with Crippen LogP contribution >= 0.6 is 0 Å². The van der Waals surface area contributed by atoms with E-state index in [1.807, 2.05) is 27.7 Å². The van der Waals surface area contributed by atoms with Crippen LogP contribution in [0.4, 0.5) is 4.79 Å². The van der Waals surface area contributed by atoms with Gasteiger partial charge in [-0.3, -0.25) is 4.79 Å². The van der Waals surface area contributed by atoms with Crippen molar-refractivity contribution in [1.82, 2.24) is 9.80 Å². The molecular formula is C12H23N3O3. The molecule has 1 saturated heterocycles. The Kier molecular flexibility index (Phi) is 4.56. The normalized spacial score (nSPS) is 20.8. The summed E-state index contributed by atoms with van der Waals surface area (Å²) in [6.07, 6.45) is -0.325. The van der Waals surface area contributed by atoms with E-state index < -0.39 is 5.60 Å². The fraction of sp³-hybridized carbons (Fsp3) is 0.833. The Bertz CT molecular complexity index is 325. The third-order valence-corrected chi connectivity index (χ3v) is 2.77. The lowest BCUT2D eigenvalue weighted by molar-refractivity contribution is -0.134. The lowest BCUT2D eigenvalue weighted by atomic mass is 10.2. The van der Waals surface area contributed by atoms with Crippen LogP contribution < -0.4 is 5.73 Å². The molecule has 1 aliphatic rings. The van der Waals surface area contributed by atoms with Crippen molar-refractivity contribution in [2.45, 2.75) is 39.3 Å². The zero-order valence-electron chi connectivity index (χ0n) is 11.6. The Morgan fingerprint density at radius 1 is 1.33 bits per heavy atom. The van der Waals surface area contributed by atoms with Crippen molar-refractivity contribution in [3.63, 3.8) is 0 Å². The number of nitrogens with two attached hydrogens (primary N) is 1. The number of rotatable bonds is 1. The summed E-state index contributed by atoms with van der Waals surface area (Å²) in [5.74, 6) is -0.0775. The van der Waals surface area contributed by atoms with Gasteiger partial charge in [0, 0.05) is 25.7 Å². The highest BCUT2D eigenvalue weighted by molar-refractivity contribution is 5.79. The summed E-state index contributed by atoms with van der Waals surface area (Å²) in [5, 5.41) is 0. The Hall–Kier alpha value is -1.30. The third kappa shape index (κ3) is 3.87. The van der Waals surface area contributed by atoms with Gasteiger partial charge in [0.15, 0.2) is 0 Å². The number of hydrogen-bond acceptors (Lipinski definition) is 4. The molecule has 1 aliphatic heterocycles. The van der Waals surface area contributed by atoms with Crippen molar-refractivity contribution in [1.29, 1.82) is 0 Å². The Morgan fingerprint density at radius 3 is 2.39 bits per heavy atom. The summed E-state index contributed by atoms with van der Waals surface area (Å²) in [7, 11) is 0. The first-order chi connectivity index (χ1) is 8.24. The molecule has 0 unspecified atom stereocenters. The molecule has 1 atom stereocenters. The van der Waals surface area contributed by atoms with Gasteiger partial charge in [-0.15, -0.1) is 0 Å². The number of piperazine rings is 1. The molecule has 2 N–H and O–H groups in total. The van der Waals surface area contributed by atoms with Crippen molar-refractivity contribution in [3.05, 3.63) is 0 Å². The van der Waals surface area contributed by atoms with Crippen molar-refractivity contribution >= 4 is 12.0 Å². The van der Waals surface area contributed by atoms with Gasteiger partial charge in [-0.2, -0.15) is 0 Å². The summed E-state index contributed by atoms with van der Waals surface area (Å²) in [4.78, 5) is 26.8. The van der Waals surface area contributed by atoms with Gasteiger partial charge >= 0.3 is 6.09 Å². The summed E-state index contributed by atoms with van der Waals surface area (Å²) in [6.45, 7) is 8.91. The van der Waals surface area contributed by atoms with Gasteiger partial charge in [0.1, 0.15) is 5.60 Å². The molecule has 0 aliphatic carbocycles. The minimum absolute atomic E-state index is 0.0107. The zero-order chi connectivity index (χ0) is 13.9. The number of nitrogens with zero attached hydrogens (tertiary/aromatic N) is 2. The fourth-order valence-electron chi connectivity index (χ4n) is 1.94. The molecule has 18 heavy (non-hydrogen) atoms. The van der Waals surface area contributed by atoms with Gasteiger partial charge in [-0.05, 0) is 27.7 Å². The van der Waals surface area contributed by atoms with Crippen molar-refractivity contribution in [2.24, 2.45) is 5.73 Å². The smallest absolute Gasteiger partial charge is 0.410 e. The SMILES string of the molecule is C[C@@H]1CN(C(=O)OC(C)(C)C)CCN1C(=O)CN. The van der Waals surface area contributed by atoms with Crippen LogP contribution in [-0.2, 0) is 9.53 Å². The molecule has 0 spiro atoms. The van der Waals surface area contributed by atoms with E-state index in [1.165, 1.54) is 0 Å². The number of hydrogen-bond donors (Lipinski definition) is 1. The molecule has 6 nitrogen and oxygen atoms in total. The van der Waals surface area contributed by atoms with E-state index in [4.69, 9.17) is 10.5 Å². The topological polar surface area (TPSA) is 75.9 Å². The van der Waals surface area contributed by atoms with E-state index in [-0.39, 0.29) is 24.6 Å². The summed E-state index contributed by atoms with van der Waals surface area (Å²) >= 11 is 0. The second kappa shape index (κ2) is 5.56. The van der Waals surface area contributed by atoms with Gasteiger partial charge < -0.3 is 20.3 Å². The number of ether oxygens (including phenoxy) is 1. The zero-order valence-corrected chi connectivity index (χ0v) is 11.6. The lowest BCUT2D eigenvalue weighted by Gasteiger charge is -2.40. The highest BCUT2D eigenvalue weighted by Gasteiger charge is 2.31. The fourth-order valence-corrected chi connectivity index (χ4v) is 1.94. The van der Waals surface area contributed by atoms with E-state index in [9.17, 15) is 9.59 Å². The second-order valence-electron chi connectivity index (χ2n) is 5.57. The van der Waals surface area contributed by atoms with E-state index in [1.54, 1.807) is 9.80 Å². The van der Waals surface area contributed by atoms with Crippen LogP contribution in [0.3, 0.4) is 0 Å². The van der Waals surface area contributed by atoms with E-state index >= 15 is 0 Å². The third-order valence-electron chi connectivity index (χ3n) is 2.77. The van der Waals surface area contributed by atoms with Gasteiger partial charge in [-0.25, -0.2) is 4.79 Å². The minimum Gasteiger partial charge on any atom is -0.444 e. The Morgan fingerprint density at radius 2 is 1.94 bits per heavy atom. The number of carbonyl (C=O) groups excluding carboxylic acids is 2. The lowest BCUT2D eigenvalue weighted by Crippen LogP contribution is -2.57. The molecule has 0 aromatic carbocycles. The standard InChI is InChI=1S/C12H23N3O3/c1-9-8-14(11(17)18-12(2,3)4)5-6-15(9)10(16)7-13/h9H,5-8,13H2,1-4H3/t9-/m1/s1. The molecule has 1 rings (SSSR count). The Balaban J connectivity index is 2.55. The first-order valence-electron chi connectivity index (χ1n) is 6.22. The predicted molar refractivity (Wildman–Crippen MR) is 68.0 cm³/mol. The van der Waals surface area contributed by atoms with Crippen LogP contribution in [0.15, 0.2) is 0 Å². The molecule has 0 bridgehead atoms. The molecule has 0 saturated carbocycles. The molecule has 1 fully saturated rings. The van der Waals surface area contributed by atoms with Gasteiger partial charge in [0.2, 0.25) is 5.91 Å². The van der Waals surface area contributed by atoms with Crippen LogP contribution in [0.5, 0.6) is 0 Å². The average Bonchev–Trinajstić information content (AvgIpc) is 2.25. The average molecular weight is 257 g/mol. The molecule has 1 heterocycles. The van der Waals surface area contributed by atoms with E-state index in [0.717, 1.165) is 0 Å². The summed E-state index contributed by atoms with van der Waals surface area (Å²) < 4.78 is 5.31. The van der Waals surface area contributed by atoms with Crippen molar-refractivity contribution < 1.29 is 14.3 Å². The first-order valence-corrected chi connectivity index (χ1v) is 6.22. The molecule has 0 radical (unpaired) electrons. The Labute approximate surface area is 108 Å². The minimum atomic E-state index is -0.496. The summed E-state index contributed by atoms with van der Waals surface area (Å²) in [5.41, 5.74) is 4.85. The monoisotopic (exact) mass is 257 g/mol. The molecule has 0 aromatic rings. The van der Waals surface area contributed by atoms with Gasteiger partial charge in [0.05, 0.1) is 6.54 Å². The van der Waals surface area contributed by atoms with E-state index in [2.05, 4.69) is 0 Å². The van der Waals surface area contributed by atoms with Crippen LogP contribution in [0.2, 0.25) is 0 Å². The molecule has 104 valence electrons. The first kappa shape index (κ1) is 14.8. The molecule has 0 aromatic heterocycles. The summed E-state index contributed by atoms with van der Waals surface area (Å²) in [6, 6.07) is -0.0256. The van der Waals surface area contributed by atoms with Crippen LogP contribution in [0, 0.1) is 0 Å². The van der Waals surface area contributed by atoms with Crippen LogP contribution in [0.25, 0.3) is 0 Å². The maximum atomic E-state index is 11.9. The van der Waals surface area contributed by atoms with Crippen molar-refractivity contribution in [2.75, 3.05) is 26.2 Å². The number of amides is 2. The highest BCUT2D eigenvalue weighted by Crippen LogP contribution is 2.14. The van der Waals surface area contributed by atoms with Gasteiger partial charge in [-0.1, -0.05) is 0 Å². The van der Waals surface area contributed by atoms with Crippen LogP contribution in [-0.4, -0.2) is 59.6 Å². The number of carbonyl (C=O) groups is 2. The maximum Gasteiger partial charge on any atom is 0.410 e. The predicted octanol–water partition coefficient (Wildman–Crippen LogP) is 0.413. The molecule has 2 amide bonds. The van der Waals surface area contributed by atoms with Crippen LogP contribution in [0.1, 0.15) is 27.7 Å². The van der Waals surface area contributed by atoms with E-state index in [0.29, 0.717) is 19.6 Å². The maximum absolute atomic E-state index is 11.9. The quantitative estimate of drug-likeness (QED) is 0.738. The second-order valence-corrected chi connectivity index (χ2v) is 5.57. The molecule has 6 heteroatoms. The van der Waals surface area contributed by atoms with Gasteiger partial charge in [0.25, 0.3) is 0 Å².